The number of pyridine rings is 1. The smallest absolute Gasteiger partial charge is 0.237 e. The van der Waals surface area contributed by atoms with Gasteiger partial charge in [0.2, 0.25) is 5.91 Å². The summed E-state index contributed by atoms with van der Waals surface area (Å²) in [6.45, 7) is 1.87. The number of halogens is 1. The van der Waals surface area contributed by atoms with Gasteiger partial charge in [-0.3, -0.25) is 14.5 Å². The number of nitrogens with one attached hydrogen (secondary N) is 1. The fourth-order valence-electron chi connectivity index (χ4n) is 2.17. The molecular formula is C16H15ClN4OS. The number of hydrogen-bond donors (Lipinski definition) is 1. The number of anilines is 1. The molecule has 1 aromatic carbocycles. The van der Waals surface area contributed by atoms with E-state index in [-0.39, 0.29) is 11.2 Å². The molecule has 7 heteroatoms. The van der Waals surface area contributed by atoms with Gasteiger partial charge in [-0.1, -0.05) is 17.7 Å². The summed E-state index contributed by atoms with van der Waals surface area (Å²) in [5, 5.41) is 8.28. The van der Waals surface area contributed by atoms with Crippen LogP contribution in [0.25, 0.3) is 10.9 Å². The Morgan fingerprint density at radius 3 is 2.96 bits per heavy atom. The van der Waals surface area contributed by atoms with Gasteiger partial charge in [-0.25, -0.2) is 0 Å². The molecule has 2 aromatic heterocycles. The third kappa shape index (κ3) is 3.65. The summed E-state index contributed by atoms with van der Waals surface area (Å²) in [6.07, 6.45) is 5.12. The molecule has 0 aliphatic rings. The van der Waals surface area contributed by atoms with Crippen molar-refractivity contribution >= 4 is 45.9 Å². The Bertz CT molecular complexity index is 864. The van der Waals surface area contributed by atoms with Crippen LogP contribution >= 0.6 is 23.4 Å². The van der Waals surface area contributed by atoms with E-state index in [1.807, 2.05) is 38.2 Å². The predicted octanol–water partition coefficient (Wildman–Crippen LogP) is 3.74. The van der Waals surface area contributed by atoms with Gasteiger partial charge in [0.05, 0.1) is 22.7 Å². The lowest BCUT2D eigenvalue weighted by Gasteiger charge is -2.12. The number of carbonyl (C=O) groups excluding carboxylic acids is 1. The largest absolute Gasteiger partial charge is 0.322 e. The topological polar surface area (TPSA) is 59.8 Å². The number of amides is 1. The van der Waals surface area contributed by atoms with E-state index >= 15 is 0 Å². The summed E-state index contributed by atoms with van der Waals surface area (Å²) in [7, 11) is 1.81. The summed E-state index contributed by atoms with van der Waals surface area (Å²) >= 11 is 7.49. The quantitative estimate of drug-likeness (QED) is 0.731. The first kappa shape index (κ1) is 15.8. The molecule has 0 bridgehead atoms. The fraction of sp³-hybridized carbons (Fsp3) is 0.188. The summed E-state index contributed by atoms with van der Waals surface area (Å²) in [5.41, 5.74) is 1.51. The van der Waals surface area contributed by atoms with Crippen LogP contribution in [0.4, 0.5) is 5.69 Å². The molecule has 1 atom stereocenters. The second kappa shape index (κ2) is 6.60. The molecule has 0 radical (unpaired) electrons. The molecule has 2 heterocycles. The maximum absolute atomic E-state index is 12.3. The normalized spacial score (nSPS) is 12.3. The molecule has 0 aliphatic heterocycles. The van der Waals surface area contributed by atoms with Crippen molar-refractivity contribution in [2.45, 2.75) is 17.1 Å². The van der Waals surface area contributed by atoms with E-state index in [1.165, 1.54) is 11.8 Å². The van der Waals surface area contributed by atoms with E-state index in [0.717, 1.165) is 15.8 Å². The average molecular weight is 347 g/mol. The number of rotatable bonds is 4. The number of nitrogens with zero attached hydrogens (tertiary/aromatic N) is 3. The summed E-state index contributed by atoms with van der Waals surface area (Å²) in [6, 6.07) is 7.49. The van der Waals surface area contributed by atoms with Crippen LogP contribution in [0.2, 0.25) is 5.02 Å². The zero-order chi connectivity index (χ0) is 16.4. The number of benzene rings is 1. The van der Waals surface area contributed by atoms with Crippen LogP contribution in [0.5, 0.6) is 0 Å². The van der Waals surface area contributed by atoms with Gasteiger partial charge in [-0.15, -0.1) is 11.8 Å². The molecule has 1 N–H and O–H groups in total. The summed E-state index contributed by atoms with van der Waals surface area (Å²) in [5.74, 6) is -0.0677. The number of hydrogen-bond acceptors (Lipinski definition) is 4. The molecular weight excluding hydrogens is 332 g/mol. The zero-order valence-corrected chi connectivity index (χ0v) is 14.2. The Hall–Kier alpha value is -2.05. The molecule has 0 saturated carbocycles. The molecule has 23 heavy (non-hydrogen) atoms. The Kier molecular flexibility index (Phi) is 4.54. The maximum Gasteiger partial charge on any atom is 0.237 e. The third-order valence-corrected chi connectivity index (χ3v) is 4.72. The van der Waals surface area contributed by atoms with E-state index in [0.29, 0.717) is 10.7 Å². The van der Waals surface area contributed by atoms with Crippen molar-refractivity contribution in [3.05, 3.63) is 47.9 Å². The molecule has 1 amide bonds. The van der Waals surface area contributed by atoms with Crippen molar-refractivity contribution in [3.63, 3.8) is 0 Å². The highest BCUT2D eigenvalue weighted by molar-refractivity contribution is 8.00. The van der Waals surface area contributed by atoms with Gasteiger partial charge in [-0.05, 0) is 25.1 Å². The van der Waals surface area contributed by atoms with Gasteiger partial charge in [-0.2, -0.15) is 5.10 Å². The van der Waals surface area contributed by atoms with Crippen molar-refractivity contribution in [1.29, 1.82) is 0 Å². The molecule has 3 rings (SSSR count). The van der Waals surface area contributed by atoms with Crippen LogP contribution in [0.15, 0.2) is 47.8 Å². The van der Waals surface area contributed by atoms with Crippen molar-refractivity contribution < 1.29 is 4.79 Å². The molecule has 0 saturated heterocycles. The molecule has 118 valence electrons. The van der Waals surface area contributed by atoms with Gasteiger partial charge in [0.15, 0.2) is 0 Å². The van der Waals surface area contributed by atoms with E-state index in [4.69, 9.17) is 11.6 Å². The van der Waals surface area contributed by atoms with Crippen LogP contribution in [0, 0.1) is 0 Å². The molecule has 3 aromatic rings. The van der Waals surface area contributed by atoms with E-state index in [2.05, 4.69) is 15.4 Å². The van der Waals surface area contributed by atoms with Crippen LogP contribution in [-0.2, 0) is 11.8 Å². The predicted molar refractivity (Wildman–Crippen MR) is 93.9 cm³/mol. The maximum atomic E-state index is 12.3. The molecule has 0 aliphatic carbocycles. The molecule has 0 spiro atoms. The Balaban J connectivity index is 1.77. The highest BCUT2D eigenvalue weighted by Gasteiger charge is 2.16. The highest BCUT2D eigenvalue weighted by atomic mass is 35.5. The molecule has 0 fully saturated rings. The van der Waals surface area contributed by atoms with Crippen LogP contribution < -0.4 is 5.32 Å². The third-order valence-electron chi connectivity index (χ3n) is 3.31. The number of aryl methyl sites for hydroxylation is 1. The lowest BCUT2D eigenvalue weighted by molar-refractivity contribution is -0.115. The monoisotopic (exact) mass is 346 g/mol. The average Bonchev–Trinajstić information content (AvgIpc) is 2.92. The Morgan fingerprint density at radius 2 is 2.22 bits per heavy atom. The second-order valence-electron chi connectivity index (χ2n) is 5.12. The van der Waals surface area contributed by atoms with Gasteiger partial charge in [0.1, 0.15) is 0 Å². The van der Waals surface area contributed by atoms with Crippen LogP contribution in [0.3, 0.4) is 0 Å². The van der Waals surface area contributed by atoms with Gasteiger partial charge >= 0.3 is 0 Å². The molecule has 0 unspecified atom stereocenters. The number of carbonyl (C=O) groups is 1. The molecule has 5 nitrogen and oxygen atoms in total. The fourth-order valence-corrected chi connectivity index (χ4v) is 3.32. The van der Waals surface area contributed by atoms with Crippen molar-refractivity contribution in [3.8, 4) is 0 Å². The number of fused-ring (bicyclic) bond motifs is 1. The Morgan fingerprint density at radius 1 is 1.39 bits per heavy atom. The van der Waals surface area contributed by atoms with E-state index in [9.17, 15) is 4.79 Å². The lowest BCUT2D eigenvalue weighted by atomic mass is 10.2. The van der Waals surface area contributed by atoms with Crippen LogP contribution in [0.1, 0.15) is 6.92 Å². The lowest BCUT2D eigenvalue weighted by Crippen LogP contribution is -2.22. The first-order valence-corrected chi connectivity index (χ1v) is 8.29. The first-order valence-electron chi connectivity index (χ1n) is 7.03. The first-order chi connectivity index (χ1) is 11.0. The minimum absolute atomic E-state index is 0.0677. The van der Waals surface area contributed by atoms with E-state index in [1.54, 1.807) is 23.3 Å². The number of aromatic nitrogens is 3. The van der Waals surface area contributed by atoms with Crippen LogP contribution in [-0.4, -0.2) is 25.9 Å². The highest BCUT2D eigenvalue weighted by Crippen LogP contribution is 2.31. The van der Waals surface area contributed by atoms with Gasteiger partial charge < -0.3 is 5.32 Å². The minimum atomic E-state index is -0.253. The second-order valence-corrected chi connectivity index (χ2v) is 6.94. The summed E-state index contributed by atoms with van der Waals surface area (Å²) in [4.78, 5) is 17.6. The van der Waals surface area contributed by atoms with Crippen molar-refractivity contribution in [2.75, 3.05) is 5.32 Å². The SMILES string of the molecule is C[C@H](Sc1ccnc2cc(Cl)ccc12)C(=O)Nc1cnn(C)c1. The van der Waals surface area contributed by atoms with E-state index < -0.39 is 0 Å². The van der Waals surface area contributed by atoms with Gasteiger partial charge in [0, 0.05) is 34.7 Å². The zero-order valence-electron chi connectivity index (χ0n) is 12.7. The summed E-state index contributed by atoms with van der Waals surface area (Å²) < 4.78 is 1.65. The van der Waals surface area contributed by atoms with Gasteiger partial charge in [0.25, 0.3) is 0 Å². The number of thioether (sulfide) groups is 1. The Labute approximate surface area is 143 Å². The van der Waals surface area contributed by atoms with Crippen molar-refractivity contribution in [2.24, 2.45) is 7.05 Å². The minimum Gasteiger partial charge on any atom is -0.322 e. The standard InChI is InChI=1S/C16H15ClN4OS/c1-10(16(22)20-12-8-19-21(2)9-12)23-15-5-6-18-14-7-11(17)3-4-13(14)15/h3-10H,1-2H3,(H,20,22)/t10-/m0/s1. The van der Waals surface area contributed by atoms with Crippen molar-refractivity contribution in [1.82, 2.24) is 14.8 Å².